The molecule has 0 aliphatic heterocycles. The van der Waals surface area contributed by atoms with E-state index in [4.69, 9.17) is 5.10 Å². The summed E-state index contributed by atoms with van der Waals surface area (Å²) in [5, 5.41) is 8.29. The van der Waals surface area contributed by atoms with E-state index >= 15 is 0 Å². The molecule has 0 saturated heterocycles. The smallest absolute Gasteiger partial charge is 0.0641 e. The first-order chi connectivity index (χ1) is 9.74. The molecule has 0 radical (unpaired) electrons. The topological polar surface area (TPSA) is 29.9 Å². The highest BCUT2D eigenvalue weighted by atomic mass is 15.3. The molecule has 20 heavy (non-hydrogen) atoms. The first-order valence-electron chi connectivity index (χ1n) is 7.54. The summed E-state index contributed by atoms with van der Waals surface area (Å²) >= 11 is 0. The molecule has 0 bridgehead atoms. The maximum absolute atomic E-state index is 4.70. The molecule has 1 aliphatic rings. The molecule has 0 atom stereocenters. The van der Waals surface area contributed by atoms with E-state index in [0.29, 0.717) is 0 Å². The van der Waals surface area contributed by atoms with Gasteiger partial charge in [0.2, 0.25) is 0 Å². The van der Waals surface area contributed by atoms with Gasteiger partial charge in [-0.3, -0.25) is 4.68 Å². The Hall–Kier alpha value is -1.61. The Kier molecular flexibility index (Phi) is 3.88. The van der Waals surface area contributed by atoms with Crippen molar-refractivity contribution in [2.75, 3.05) is 0 Å². The highest BCUT2D eigenvalue weighted by molar-refractivity contribution is 5.25. The van der Waals surface area contributed by atoms with Gasteiger partial charge in [0.1, 0.15) is 0 Å². The fourth-order valence-corrected chi connectivity index (χ4v) is 2.62. The van der Waals surface area contributed by atoms with Crippen LogP contribution in [0.5, 0.6) is 0 Å². The summed E-state index contributed by atoms with van der Waals surface area (Å²) in [6.07, 6.45) is 3.71. The number of nitrogens with zero attached hydrogens (tertiary/aromatic N) is 2. The van der Waals surface area contributed by atoms with E-state index in [0.717, 1.165) is 25.6 Å². The number of aromatic nitrogens is 2. The van der Waals surface area contributed by atoms with Crippen LogP contribution in [0.4, 0.5) is 0 Å². The molecular weight excluding hydrogens is 246 g/mol. The molecule has 0 unspecified atom stereocenters. The third-order valence-electron chi connectivity index (χ3n) is 4.13. The molecule has 1 saturated carbocycles. The zero-order valence-electron chi connectivity index (χ0n) is 12.4. The van der Waals surface area contributed by atoms with E-state index < -0.39 is 0 Å². The molecule has 0 spiro atoms. The summed E-state index contributed by atoms with van der Waals surface area (Å²) in [6, 6.07) is 11.4. The van der Waals surface area contributed by atoms with Crippen LogP contribution in [0.15, 0.2) is 30.3 Å². The van der Waals surface area contributed by atoms with Crippen LogP contribution in [0.1, 0.15) is 35.4 Å². The Morgan fingerprint density at radius 3 is 2.65 bits per heavy atom. The molecule has 1 aliphatic carbocycles. The normalized spacial score (nSPS) is 14.7. The highest BCUT2D eigenvalue weighted by Crippen LogP contribution is 2.21. The molecule has 3 nitrogen and oxygen atoms in total. The van der Waals surface area contributed by atoms with Crippen molar-refractivity contribution in [1.29, 1.82) is 0 Å². The van der Waals surface area contributed by atoms with Gasteiger partial charge >= 0.3 is 0 Å². The molecule has 1 N–H and O–H groups in total. The molecule has 2 aromatic rings. The van der Waals surface area contributed by atoms with Crippen molar-refractivity contribution in [3.63, 3.8) is 0 Å². The minimum atomic E-state index is 0.751. The molecule has 3 rings (SSSR count). The lowest BCUT2D eigenvalue weighted by Crippen LogP contribution is -2.16. The molecule has 1 aromatic heterocycles. The van der Waals surface area contributed by atoms with Gasteiger partial charge in [-0.2, -0.15) is 5.10 Å². The second-order valence-corrected chi connectivity index (χ2v) is 5.76. The average molecular weight is 269 g/mol. The van der Waals surface area contributed by atoms with Crippen LogP contribution in [-0.4, -0.2) is 15.8 Å². The Bertz CT molecular complexity index is 567. The number of aryl methyl sites for hydroxylation is 3. The first-order valence-corrected chi connectivity index (χ1v) is 7.54. The molecule has 106 valence electrons. The molecular formula is C17H23N3. The predicted molar refractivity (Wildman–Crippen MR) is 81.7 cm³/mol. The molecule has 3 heteroatoms. The standard InChI is InChI=1S/C17H23N3/c1-13-17(12-18-16-8-9-16)14(2)20(19-13)11-10-15-6-4-3-5-7-15/h3-7,16,18H,8-12H2,1-2H3. The number of nitrogens with one attached hydrogen (secondary N) is 1. The van der Waals surface area contributed by atoms with Gasteiger partial charge in [0.25, 0.3) is 0 Å². The van der Waals surface area contributed by atoms with Gasteiger partial charge in [0, 0.05) is 30.4 Å². The van der Waals surface area contributed by atoms with E-state index in [9.17, 15) is 0 Å². The summed E-state index contributed by atoms with van der Waals surface area (Å²) < 4.78 is 2.16. The zero-order chi connectivity index (χ0) is 13.9. The second-order valence-electron chi connectivity index (χ2n) is 5.76. The van der Waals surface area contributed by atoms with E-state index in [2.05, 4.69) is 54.2 Å². The van der Waals surface area contributed by atoms with E-state index in [1.807, 2.05) is 0 Å². The van der Waals surface area contributed by atoms with E-state index in [1.54, 1.807) is 0 Å². The number of benzene rings is 1. The van der Waals surface area contributed by atoms with Crippen molar-refractivity contribution in [2.24, 2.45) is 0 Å². The van der Waals surface area contributed by atoms with Crippen molar-refractivity contribution < 1.29 is 0 Å². The zero-order valence-corrected chi connectivity index (χ0v) is 12.4. The molecule has 1 aromatic carbocycles. The Labute approximate surface area is 121 Å². The van der Waals surface area contributed by atoms with Crippen LogP contribution in [0.25, 0.3) is 0 Å². The Balaban J connectivity index is 1.65. The quantitative estimate of drug-likeness (QED) is 0.873. The second kappa shape index (κ2) is 5.80. The largest absolute Gasteiger partial charge is 0.310 e. The lowest BCUT2D eigenvalue weighted by Gasteiger charge is -2.06. The van der Waals surface area contributed by atoms with Gasteiger partial charge in [-0.1, -0.05) is 30.3 Å². The predicted octanol–water partition coefficient (Wildman–Crippen LogP) is 2.99. The number of rotatable bonds is 6. The van der Waals surface area contributed by atoms with Crippen molar-refractivity contribution in [3.8, 4) is 0 Å². The van der Waals surface area contributed by atoms with Crippen molar-refractivity contribution in [2.45, 2.75) is 52.2 Å². The number of hydrogen-bond donors (Lipinski definition) is 1. The molecule has 0 amide bonds. The number of hydrogen-bond acceptors (Lipinski definition) is 2. The SMILES string of the molecule is Cc1nn(CCc2ccccc2)c(C)c1CNC1CC1. The summed E-state index contributed by atoms with van der Waals surface area (Å²) in [5.41, 5.74) is 5.23. The van der Waals surface area contributed by atoms with Crippen molar-refractivity contribution in [3.05, 3.63) is 52.8 Å². The highest BCUT2D eigenvalue weighted by Gasteiger charge is 2.21. The first kappa shape index (κ1) is 13.4. The summed E-state index contributed by atoms with van der Waals surface area (Å²) in [7, 11) is 0. The van der Waals surface area contributed by atoms with Crippen LogP contribution in [0.3, 0.4) is 0 Å². The minimum absolute atomic E-state index is 0.751. The minimum Gasteiger partial charge on any atom is -0.310 e. The third kappa shape index (κ3) is 3.10. The lowest BCUT2D eigenvalue weighted by molar-refractivity contribution is 0.592. The van der Waals surface area contributed by atoms with Crippen LogP contribution >= 0.6 is 0 Å². The fourth-order valence-electron chi connectivity index (χ4n) is 2.62. The van der Waals surface area contributed by atoms with Gasteiger partial charge in [-0.05, 0) is 38.7 Å². The van der Waals surface area contributed by atoms with E-state index in [1.165, 1.54) is 35.4 Å². The summed E-state index contributed by atoms with van der Waals surface area (Å²) in [6.45, 7) is 6.23. The molecule has 1 heterocycles. The van der Waals surface area contributed by atoms with Crippen molar-refractivity contribution in [1.82, 2.24) is 15.1 Å². The summed E-state index contributed by atoms with van der Waals surface area (Å²) in [5.74, 6) is 0. The molecule has 1 fully saturated rings. The average Bonchev–Trinajstić information content (AvgIpc) is 3.24. The lowest BCUT2D eigenvalue weighted by atomic mass is 10.1. The monoisotopic (exact) mass is 269 g/mol. The van der Waals surface area contributed by atoms with Gasteiger partial charge in [0.15, 0.2) is 0 Å². The third-order valence-corrected chi connectivity index (χ3v) is 4.13. The maximum Gasteiger partial charge on any atom is 0.0641 e. The van der Waals surface area contributed by atoms with Crippen molar-refractivity contribution >= 4 is 0 Å². The Morgan fingerprint density at radius 2 is 1.95 bits per heavy atom. The summed E-state index contributed by atoms with van der Waals surface area (Å²) in [4.78, 5) is 0. The van der Waals surface area contributed by atoms with E-state index in [-0.39, 0.29) is 0 Å². The van der Waals surface area contributed by atoms with Crippen LogP contribution in [-0.2, 0) is 19.5 Å². The van der Waals surface area contributed by atoms with Gasteiger partial charge < -0.3 is 5.32 Å². The maximum atomic E-state index is 4.70. The van der Waals surface area contributed by atoms with Gasteiger partial charge in [0.05, 0.1) is 5.69 Å². The van der Waals surface area contributed by atoms with Gasteiger partial charge in [-0.25, -0.2) is 0 Å². The van der Waals surface area contributed by atoms with Crippen LogP contribution in [0, 0.1) is 13.8 Å². The Morgan fingerprint density at radius 1 is 1.20 bits per heavy atom. The van der Waals surface area contributed by atoms with Crippen LogP contribution in [0.2, 0.25) is 0 Å². The fraction of sp³-hybridized carbons (Fsp3) is 0.471. The van der Waals surface area contributed by atoms with Crippen LogP contribution < -0.4 is 5.32 Å². The van der Waals surface area contributed by atoms with Gasteiger partial charge in [-0.15, -0.1) is 0 Å².